The molecule has 4 aliphatic rings. The molecule has 4 bridgehead atoms. The van der Waals surface area contributed by atoms with Gasteiger partial charge in [-0.25, -0.2) is 13.2 Å². The third-order valence-corrected chi connectivity index (χ3v) is 7.45. The third-order valence-electron chi connectivity index (χ3n) is 6.00. The van der Waals surface area contributed by atoms with Gasteiger partial charge in [0, 0.05) is 18.5 Å². The first kappa shape index (κ1) is 20.3. The van der Waals surface area contributed by atoms with Crippen LogP contribution in [0.15, 0.2) is 0 Å². The Labute approximate surface area is 173 Å². The number of anilines is 2. The first-order valence-electron chi connectivity index (χ1n) is 9.85. The summed E-state index contributed by atoms with van der Waals surface area (Å²) in [6.45, 7) is 0.206. The molecule has 1 aromatic heterocycles. The molecule has 0 aliphatic heterocycles. The molecule has 160 valence electrons. The number of nitrogens with one attached hydrogen (secondary N) is 4. The monoisotopic (exact) mass is 442 g/mol. The highest BCUT2D eigenvalue weighted by molar-refractivity contribution is 7.92. The SMILES string of the molecule is CS(=O)(=O)Nc1nnc(NC(=O)CCNC(=O)NC23CC4CC(CC(C4)C2)C3)s1. The molecule has 3 amide bonds. The standard InChI is InChI=1S/C17H26N6O4S2/c1-29(26,27)23-16-22-21-15(28-16)19-13(24)2-3-18-14(25)20-17-7-10-4-11(8-17)6-12(5-10)9-17/h10-12H,2-9H2,1H3,(H,22,23)(H2,18,20,25)(H,19,21,24). The lowest BCUT2D eigenvalue weighted by Crippen LogP contribution is -2.61. The summed E-state index contributed by atoms with van der Waals surface area (Å²) in [5, 5.41) is 16.2. The summed E-state index contributed by atoms with van der Waals surface area (Å²) < 4.78 is 24.5. The topological polar surface area (TPSA) is 142 Å². The number of urea groups is 1. The van der Waals surface area contributed by atoms with E-state index in [-0.39, 0.29) is 40.7 Å². The molecule has 4 saturated carbocycles. The molecule has 4 N–H and O–H groups in total. The predicted octanol–water partition coefficient (Wildman–Crippen LogP) is 1.51. The number of carbonyl (C=O) groups excluding carboxylic acids is 2. The molecule has 12 heteroatoms. The van der Waals surface area contributed by atoms with Crippen LogP contribution in [0.25, 0.3) is 0 Å². The highest BCUT2D eigenvalue weighted by Gasteiger charge is 2.51. The van der Waals surface area contributed by atoms with Gasteiger partial charge in [-0.15, -0.1) is 10.2 Å². The second kappa shape index (κ2) is 7.71. The van der Waals surface area contributed by atoms with E-state index in [0.29, 0.717) is 0 Å². The van der Waals surface area contributed by atoms with Crippen LogP contribution in [0.4, 0.5) is 15.1 Å². The second-order valence-electron chi connectivity index (χ2n) is 8.66. The van der Waals surface area contributed by atoms with E-state index in [1.165, 1.54) is 19.3 Å². The van der Waals surface area contributed by atoms with Gasteiger partial charge in [0.15, 0.2) is 0 Å². The van der Waals surface area contributed by atoms with Crippen molar-refractivity contribution in [3.05, 3.63) is 0 Å². The Morgan fingerprint density at radius 3 is 2.24 bits per heavy atom. The van der Waals surface area contributed by atoms with Gasteiger partial charge in [-0.3, -0.25) is 9.52 Å². The van der Waals surface area contributed by atoms with E-state index in [0.717, 1.165) is 54.6 Å². The summed E-state index contributed by atoms with van der Waals surface area (Å²) in [5.41, 5.74) is -0.0589. The van der Waals surface area contributed by atoms with Crippen LogP contribution < -0.4 is 20.7 Å². The molecule has 0 radical (unpaired) electrons. The molecule has 1 heterocycles. The van der Waals surface area contributed by atoms with Gasteiger partial charge in [0.1, 0.15) is 0 Å². The first-order valence-corrected chi connectivity index (χ1v) is 12.6. The zero-order valence-electron chi connectivity index (χ0n) is 16.2. The summed E-state index contributed by atoms with van der Waals surface area (Å²) >= 11 is 0.920. The maximum absolute atomic E-state index is 12.4. The van der Waals surface area contributed by atoms with E-state index >= 15 is 0 Å². The molecular formula is C17H26N6O4S2. The van der Waals surface area contributed by atoms with Crippen LogP contribution in [0, 0.1) is 17.8 Å². The van der Waals surface area contributed by atoms with Crippen molar-refractivity contribution in [2.24, 2.45) is 17.8 Å². The van der Waals surface area contributed by atoms with Crippen LogP contribution in [-0.4, -0.2) is 48.9 Å². The number of sulfonamides is 1. The van der Waals surface area contributed by atoms with Gasteiger partial charge < -0.3 is 16.0 Å². The van der Waals surface area contributed by atoms with Crippen molar-refractivity contribution in [3.8, 4) is 0 Å². The van der Waals surface area contributed by atoms with E-state index in [1.807, 2.05) is 0 Å². The van der Waals surface area contributed by atoms with Gasteiger partial charge in [0.05, 0.1) is 6.26 Å². The van der Waals surface area contributed by atoms with Crippen molar-refractivity contribution >= 4 is 43.6 Å². The van der Waals surface area contributed by atoms with Crippen molar-refractivity contribution in [2.75, 3.05) is 22.8 Å². The van der Waals surface area contributed by atoms with Gasteiger partial charge in [0.25, 0.3) is 0 Å². The zero-order valence-corrected chi connectivity index (χ0v) is 17.9. The molecule has 4 fully saturated rings. The van der Waals surface area contributed by atoms with Crippen LogP contribution in [0.5, 0.6) is 0 Å². The number of amides is 3. The molecular weight excluding hydrogens is 416 g/mol. The Bertz CT molecular complexity index is 864. The van der Waals surface area contributed by atoms with E-state index in [2.05, 4.69) is 30.9 Å². The minimum absolute atomic E-state index is 0.0589. The second-order valence-corrected chi connectivity index (χ2v) is 11.4. The Morgan fingerprint density at radius 2 is 1.66 bits per heavy atom. The summed E-state index contributed by atoms with van der Waals surface area (Å²) in [5.74, 6) is 1.92. The largest absolute Gasteiger partial charge is 0.338 e. The van der Waals surface area contributed by atoms with Crippen molar-refractivity contribution in [1.82, 2.24) is 20.8 Å². The zero-order chi connectivity index (χ0) is 20.6. The Morgan fingerprint density at radius 1 is 1.07 bits per heavy atom. The summed E-state index contributed by atoms with van der Waals surface area (Å²) in [6, 6.07) is -0.213. The molecule has 4 aliphatic carbocycles. The molecule has 5 rings (SSSR count). The van der Waals surface area contributed by atoms with Gasteiger partial charge in [-0.2, -0.15) is 0 Å². The molecule has 0 unspecified atom stereocenters. The average Bonchev–Trinajstić information content (AvgIpc) is 2.97. The summed E-state index contributed by atoms with van der Waals surface area (Å²) in [4.78, 5) is 24.4. The van der Waals surface area contributed by atoms with Gasteiger partial charge in [-0.05, 0) is 56.3 Å². The molecule has 29 heavy (non-hydrogen) atoms. The number of hydrogen-bond donors (Lipinski definition) is 4. The van der Waals surface area contributed by atoms with Crippen LogP contribution in [0.2, 0.25) is 0 Å². The highest BCUT2D eigenvalue weighted by Crippen LogP contribution is 2.55. The van der Waals surface area contributed by atoms with Crippen LogP contribution >= 0.6 is 11.3 Å². The molecule has 0 atom stereocenters. The number of rotatable bonds is 7. The smallest absolute Gasteiger partial charge is 0.315 e. The lowest BCUT2D eigenvalue weighted by Gasteiger charge is -2.56. The quantitative estimate of drug-likeness (QED) is 0.504. The molecule has 0 aromatic carbocycles. The number of aromatic nitrogens is 2. The van der Waals surface area contributed by atoms with Gasteiger partial charge >= 0.3 is 6.03 Å². The maximum Gasteiger partial charge on any atom is 0.315 e. The average molecular weight is 443 g/mol. The third kappa shape index (κ3) is 5.16. The Kier molecular flexibility index (Phi) is 5.40. The minimum Gasteiger partial charge on any atom is -0.338 e. The Balaban J connectivity index is 1.19. The van der Waals surface area contributed by atoms with Crippen LogP contribution in [-0.2, 0) is 14.8 Å². The van der Waals surface area contributed by atoms with E-state index in [9.17, 15) is 18.0 Å². The highest BCUT2D eigenvalue weighted by atomic mass is 32.2. The van der Waals surface area contributed by atoms with Crippen LogP contribution in [0.3, 0.4) is 0 Å². The molecule has 1 aromatic rings. The fourth-order valence-corrected chi connectivity index (χ4v) is 6.98. The maximum atomic E-state index is 12.4. The fraction of sp³-hybridized carbons (Fsp3) is 0.765. The fourth-order valence-electron chi connectivity index (χ4n) is 5.49. The lowest BCUT2D eigenvalue weighted by molar-refractivity contribution is -0.116. The Hall–Kier alpha value is -1.95. The summed E-state index contributed by atoms with van der Waals surface area (Å²) in [7, 11) is -3.45. The van der Waals surface area contributed by atoms with E-state index < -0.39 is 10.0 Å². The van der Waals surface area contributed by atoms with Gasteiger partial charge in [-0.1, -0.05) is 11.3 Å². The number of carbonyl (C=O) groups is 2. The van der Waals surface area contributed by atoms with E-state index in [4.69, 9.17) is 0 Å². The minimum atomic E-state index is -3.45. The van der Waals surface area contributed by atoms with Crippen molar-refractivity contribution < 1.29 is 18.0 Å². The molecule has 0 spiro atoms. The molecule has 0 saturated heterocycles. The normalized spacial score (nSPS) is 30.0. The number of hydrogen-bond acceptors (Lipinski definition) is 7. The van der Waals surface area contributed by atoms with Gasteiger partial charge in [0.2, 0.25) is 26.2 Å². The number of nitrogens with zero attached hydrogens (tertiary/aromatic N) is 2. The first-order chi connectivity index (χ1) is 13.7. The van der Waals surface area contributed by atoms with Crippen molar-refractivity contribution in [2.45, 2.75) is 50.5 Å². The predicted molar refractivity (Wildman–Crippen MR) is 109 cm³/mol. The lowest BCUT2D eigenvalue weighted by atomic mass is 9.53. The van der Waals surface area contributed by atoms with E-state index in [1.54, 1.807) is 0 Å². The summed E-state index contributed by atoms with van der Waals surface area (Å²) in [6.07, 6.45) is 8.27. The molecule has 10 nitrogen and oxygen atoms in total. The van der Waals surface area contributed by atoms with Crippen molar-refractivity contribution in [1.29, 1.82) is 0 Å². The van der Waals surface area contributed by atoms with Crippen molar-refractivity contribution in [3.63, 3.8) is 0 Å². The van der Waals surface area contributed by atoms with Crippen LogP contribution in [0.1, 0.15) is 44.9 Å².